The lowest BCUT2D eigenvalue weighted by Gasteiger charge is -2.50. The van der Waals surface area contributed by atoms with Gasteiger partial charge in [-0.1, -0.05) is 54.4 Å². The van der Waals surface area contributed by atoms with Crippen LogP contribution in [-0.2, 0) is 14.3 Å². The first-order chi connectivity index (χ1) is 15.0. The van der Waals surface area contributed by atoms with Gasteiger partial charge in [-0.15, -0.1) is 0 Å². The Morgan fingerprint density at radius 1 is 1.12 bits per heavy atom. The molecule has 0 bridgehead atoms. The number of hydrogen-bond donors (Lipinski definition) is 1. The molecular formula is C22H20Cl2F3NO4. The summed E-state index contributed by atoms with van der Waals surface area (Å²) in [6.45, 7) is 0.740. The molecule has 172 valence electrons. The van der Waals surface area contributed by atoms with Crippen molar-refractivity contribution >= 4 is 35.1 Å². The molecule has 0 spiro atoms. The van der Waals surface area contributed by atoms with Crippen molar-refractivity contribution in [2.75, 3.05) is 6.61 Å². The number of carbonyl (C=O) groups is 2. The van der Waals surface area contributed by atoms with E-state index in [0.29, 0.717) is 21.2 Å². The Bertz CT molecular complexity index is 999. The van der Waals surface area contributed by atoms with E-state index in [4.69, 9.17) is 27.9 Å². The third kappa shape index (κ3) is 4.87. The molecule has 1 heterocycles. The zero-order valence-electron chi connectivity index (χ0n) is 16.9. The van der Waals surface area contributed by atoms with Crippen LogP contribution in [0.4, 0.5) is 13.2 Å². The van der Waals surface area contributed by atoms with Gasteiger partial charge in [0.05, 0.1) is 12.5 Å². The van der Waals surface area contributed by atoms with Gasteiger partial charge in [0.2, 0.25) is 5.91 Å². The largest absolute Gasteiger partial charge is 0.479 e. The highest BCUT2D eigenvalue weighted by molar-refractivity contribution is 6.30. The number of amides is 1. The van der Waals surface area contributed by atoms with Crippen molar-refractivity contribution in [3.8, 4) is 0 Å². The zero-order chi connectivity index (χ0) is 23.7. The summed E-state index contributed by atoms with van der Waals surface area (Å²) in [4.78, 5) is 26.1. The molecule has 3 atom stereocenters. The van der Waals surface area contributed by atoms with Gasteiger partial charge in [-0.3, -0.25) is 4.79 Å². The third-order valence-electron chi connectivity index (χ3n) is 5.55. The monoisotopic (exact) mass is 489 g/mol. The summed E-state index contributed by atoms with van der Waals surface area (Å²) < 4.78 is 46.5. The van der Waals surface area contributed by atoms with Crippen LogP contribution in [0.5, 0.6) is 0 Å². The maximum atomic E-state index is 13.6. The molecule has 2 aromatic carbocycles. The maximum absolute atomic E-state index is 13.6. The van der Waals surface area contributed by atoms with Gasteiger partial charge in [0.15, 0.2) is 0 Å². The zero-order valence-corrected chi connectivity index (χ0v) is 18.4. The van der Waals surface area contributed by atoms with Crippen LogP contribution in [0.2, 0.25) is 10.0 Å². The fourth-order valence-electron chi connectivity index (χ4n) is 4.11. The van der Waals surface area contributed by atoms with Crippen LogP contribution in [0.1, 0.15) is 43.0 Å². The van der Waals surface area contributed by atoms with E-state index in [1.807, 2.05) is 0 Å². The molecule has 0 unspecified atom stereocenters. The topological polar surface area (TPSA) is 66.8 Å². The Morgan fingerprint density at radius 3 is 2.31 bits per heavy atom. The second-order valence-electron chi connectivity index (χ2n) is 7.53. The standard InChI is InChI=1S/C22H20Cl2F3NO4/c1-2-21(20(30)31,12-22(25,26)27)28-17(29)11-32-19(14-4-3-5-16(24)10-14)18(28)13-6-8-15(23)9-7-13/h3-10,18-19H,2,11-12H2,1H3,(H,30,31)/t18-,19-,21-/m1/s1. The van der Waals surface area contributed by atoms with Crippen LogP contribution in [-0.4, -0.2) is 40.2 Å². The molecule has 1 amide bonds. The van der Waals surface area contributed by atoms with E-state index < -0.39 is 55.2 Å². The van der Waals surface area contributed by atoms with Gasteiger partial charge < -0.3 is 14.7 Å². The second-order valence-corrected chi connectivity index (χ2v) is 8.40. The smallest absolute Gasteiger partial charge is 0.391 e. The molecule has 1 aliphatic rings. The predicted molar refractivity (Wildman–Crippen MR) is 113 cm³/mol. The number of aliphatic carboxylic acids is 1. The van der Waals surface area contributed by atoms with Crippen LogP contribution in [0, 0.1) is 0 Å². The average molecular weight is 490 g/mol. The summed E-state index contributed by atoms with van der Waals surface area (Å²) in [5.41, 5.74) is -1.65. The van der Waals surface area contributed by atoms with E-state index >= 15 is 0 Å². The van der Waals surface area contributed by atoms with Crippen molar-refractivity contribution in [1.29, 1.82) is 0 Å². The van der Waals surface area contributed by atoms with Crippen LogP contribution >= 0.6 is 23.2 Å². The molecule has 10 heteroatoms. The first-order valence-electron chi connectivity index (χ1n) is 9.73. The fraction of sp³-hybridized carbons (Fsp3) is 0.364. The minimum absolute atomic E-state index is 0.361. The molecule has 1 saturated heterocycles. The lowest BCUT2D eigenvalue weighted by Crippen LogP contribution is -2.63. The number of morpholine rings is 1. The van der Waals surface area contributed by atoms with E-state index in [0.717, 1.165) is 4.90 Å². The summed E-state index contributed by atoms with van der Waals surface area (Å²) in [5.74, 6) is -2.59. The lowest BCUT2D eigenvalue weighted by molar-refractivity contribution is -0.205. The number of hydrogen-bond acceptors (Lipinski definition) is 3. The Labute approximate surface area is 192 Å². The number of carboxylic acids is 1. The van der Waals surface area contributed by atoms with E-state index in [2.05, 4.69) is 0 Å². The predicted octanol–water partition coefficient (Wildman–Crippen LogP) is 5.82. The summed E-state index contributed by atoms with van der Waals surface area (Å²) >= 11 is 12.1. The highest BCUT2D eigenvalue weighted by atomic mass is 35.5. The van der Waals surface area contributed by atoms with Gasteiger partial charge in [0, 0.05) is 10.0 Å². The van der Waals surface area contributed by atoms with Crippen molar-refractivity contribution < 1.29 is 32.6 Å². The number of carboxylic acid groups (broad SMARTS) is 1. The first-order valence-corrected chi connectivity index (χ1v) is 10.5. The molecule has 1 fully saturated rings. The molecule has 1 N–H and O–H groups in total. The van der Waals surface area contributed by atoms with Crippen LogP contribution < -0.4 is 0 Å². The molecule has 5 nitrogen and oxygen atoms in total. The first kappa shape index (κ1) is 24.4. The van der Waals surface area contributed by atoms with Crippen molar-refractivity contribution in [3.63, 3.8) is 0 Å². The number of ether oxygens (including phenoxy) is 1. The molecule has 0 aliphatic carbocycles. The summed E-state index contributed by atoms with van der Waals surface area (Å²) in [6, 6.07) is 11.4. The van der Waals surface area contributed by atoms with Gasteiger partial charge in [0.1, 0.15) is 18.2 Å². The molecule has 2 aromatic rings. The molecular weight excluding hydrogens is 470 g/mol. The van der Waals surface area contributed by atoms with Gasteiger partial charge in [-0.25, -0.2) is 4.79 Å². The van der Waals surface area contributed by atoms with E-state index in [1.54, 1.807) is 24.3 Å². The highest BCUT2D eigenvalue weighted by Crippen LogP contribution is 2.47. The van der Waals surface area contributed by atoms with Gasteiger partial charge in [-0.05, 0) is 41.8 Å². The van der Waals surface area contributed by atoms with Gasteiger partial charge in [-0.2, -0.15) is 13.2 Å². The number of nitrogens with zero attached hydrogens (tertiary/aromatic N) is 1. The number of alkyl halides is 3. The quantitative estimate of drug-likeness (QED) is 0.554. The van der Waals surface area contributed by atoms with Crippen LogP contribution in [0.3, 0.4) is 0 Å². The number of benzene rings is 2. The molecule has 32 heavy (non-hydrogen) atoms. The number of carbonyl (C=O) groups excluding carboxylic acids is 1. The van der Waals surface area contributed by atoms with Crippen molar-refractivity contribution in [1.82, 2.24) is 4.90 Å². The Kier molecular flexibility index (Phi) is 7.07. The minimum Gasteiger partial charge on any atom is -0.479 e. The highest BCUT2D eigenvalue weighted by Gasteiger charge is 2.57. The minimum atomic E-state index is -4.83. The number of halogens is 5. The Hall–Kier alpha value is -2.29. The molecule has 1 aliphatic heterocycles. The van der Waals surface area contributed by atoms with Crippen molar-refractivity contribution in [2.45, 2.75) is 43.6 Å². The Morgan fingerprint density at radius 2 is 1.78 bits per heavy atom. The van der Waals surface area contributed by atoms with E-state index in [1.165, 1.54) is 31.2 Å². The van der Waals surface area contributed by atoms with Crippen LogP contribution in [0.25, 0.3) is 0 Å². The Balaban J connectivity index is 2.24. The van der Waals surface area contributed by atoms with E-state index in [-0.39, 0.29) is 0 Å². The van der Waals surface area contributed by atoms with Gasteiger partial charge >= 0.3 is 12.1 Å². The summed E-state index contributed by atoms with van der Waals surface area (Å²) in [5, 5.41) is 10.7. The summed E-state index contributed by atoms with van der Waals surface area (Å²) in [7, 11) is 0. The fourth-order valence-corrected chi connectivity index (χ4v) is 4.43. The normalized spacial score (nSPS) is 21.3. The maximum Gasteiger partial charge on any atom is 0.391 e. The van der Waals surface area contributed by atoms with Crippen LogP contribution in [0.15, 0.2) is 48.5 Å². The van der Waals surface area contributed by atoms with Gasteiger partial charge in [0.25, 0.3) is 0 Å². The third-order valence-corrected chi connectivity index (χ3v) is 6.03. The lowest BCUT2D eigenvalue weighted by atomic mass is 9.83. The van der Waals surface area contributed by atoms with E-state index in [9.17, 15) is 27.9 Å². The number of rotatable bonds is 6. The SMILES string of the molecule is CC[C@@](CC(F)(F)F)(C(=O)O)N1C(=O)CO[C@H](c2cccc(Cl)c2)[C@H]1c1ccc(Cl)cc1. The second kappa shape index (κ2) is 9.29. The molecule has 0 aromatic heterocycles. The summed E-state index contributed by atoms with van der Waals surface area (Å²) in [6.07, 6.45) is -7.95. The average Bonchev–Trinajstić information content (AvgIpc) is 2.71. The molecule has 0 radical (unpaired) electrons. The van der Waals surface area contributed by atoms with Crippen molar-refractivity contribution in [3.05, 3.63) is 69.7 Å². The van der Waals surface area contributed by atoms with Crippen molar-refractivity contribution in [2.24, 2.45) is 0 Å². The molecule has 3 rings (SSSR count). The molecule has 0 saturated carbocycles.